The Bertz CT molecular complexity index is 857. The summed E-state index contributed by atoms with van der Waals surface area (Å²) in [6.45, 7) is 1.16. The van der Waals surface area contributed by atoms with Crippen molar-refractivity contribution < 1.29 is 27.4 Å². The summed E-state index contributed by atoms with van der Waals surface area (Å²) in [6.07, 6.45) is -2.51. The van der Waals surface area contributed by atoms with Gasteiger partial charge >= 0.3 is 6.18 Å². The van der Waals surface area contributed by atoms with Gasteiger partial charge < -0.3 is 14.8 Å². The maximum Gasteiger partial charge on any atom is 0.433 e. The molecule has 1 fully saturated rings. The molecule has 1 aromatic carbocycles. The molecule has 1 aliphatic heterocycles. The van der Waals surface area contributed by atoms with E-state index in [0.717, 1.165) is 30.7 Å². The second-order valence-corrected chi connectivity index (χ2v) is 7.75. The minimum absolute atomic E-state index is 0.0254. The topological polar surface area (TPSA) is 73.3 Å². The van der Waals surface area contributed by atoms with Gasteiger partial charge in [0.1, 0.15) is 11.4 Å². The maximum atomic E-state index is 13.3. The number of aromatic nitrogens is 2. The number of nitrogens with one attached hydrogen (secondary N) is 1. The lowest BCUT2D eigenvalue weighted by Crippen LogP contribution is -2.31. The van der Waals surface area contributed by atoms with Gasteiger partial charge in [0.05, 0.1) is 18.9 Å². The average Bonchev–Trinajstić information content (AvgIpc) is 3.25. The van der Waals surface area contributed by atoms with Crippen molar-refractivity contribution in [1.29, 1.82) is 0 Å². The molecule has 0 spiro atoms. The van der Waals surface area contributed by atoms with Gasteiger partial charge in [0.15, 0.2) is 5.16 Å². The van der Waals surface area contributed by atoms with E-state index in [1.165, 1.54) is 7.11 Å². The molecule has 0 radical (unpaired) electrons. The number of amides is 1. The Labute approximate surface area is 176 Å². The summed E-state index contributed by atoms with van der Waals surface area (Å²) in [6, 6.07) is 7.48. The predicted molar refractivity (Wildman–Crippen MR) is 106 cm³/mol. The fourth-order valence-electron chi connectivity index (χ4n) is 2.90. The summed E-state index contributed by atoms with van der Waals surface area (Å²) in [5.41, 5.74) is -0.348. The largest absolute Gasteiger partial charge is 0.497 e. The minimum atomic E-state index is -4.60. The zero-order valence-corrected chi connectivity index (χ0v) is 17.2. The first-order valence-electron chi connectivity index (χ1n) is 9.47. The van der Waals surface area contributed by atoms with Crippen LogP contribution in [0.15, 0.2) is 35.5 Å². The van der Waals surface area contributed by atoms with Crippen LogP contribution in [0.2, 0.25) is 0 Å². The van der Waals surface area contributed by atoms with Crippen molar-refractivity contribution in [2.24, 2.45) is 0 Å². The van der Waals surface area contributed by atoms with Crippen LogP contribution in [-0.2, 0) is 15.7 Å². The molecule has 6 nitrogen and oxygen atoms in total. The highest BCUT2D eigenvalue weighted by Crippen LogP contribution is 2.32. The summed E-state index contributed by atoms with van der Waals surface area (Å²) >= 11 is 1.01. The van der Waals surface area contributed by atoms with Crippen LogP contribution in [-0.4, -0.2) is 48.0 Å². The summed E-state index contributed by atoms with van der Waals surface area (Å²) < 4.78 is 50.4. The fraction of sp³-hybridized carbons (Fsp3) is 0.450. The maximum absolute atomic E-state index is 13.3. The van der Waals surface area contributed by atoms with Crippen LogP contribution in [0.1, 0.15) is 25.0 Å². The van der Waals surface area contributed by atoms with Crippen molar-refractivity contribution in [2.45, 2.75) is 36.7 Å². The Balaban J connectivity index is 1.64. The van der Waals surface area contributed by atoms with Crippen LogP contribution >= 0.6 is 11.8 Å². The lowest BCUT2D eigenvalue weighted by atomic mass is 10.1. The molecule has 0 aliphatic carbocycles. The molecular weight excluding hydrogens is 419 g/mol. The van der Waals surface area contributed by atoms with Gasteiger partial charge in [0, 0.05) is 30.9 Å². The highest BCUT2D eigenvalue weighted by atomic mass is 32.2. The number of rotatable bonds is 8. The summed E-state index contributed by atoms with van der Waals surface area (Å²) in [5.74, 6) is 0.675. The number of nitrogens with zero attached hydrogens (tertiary/aromatic N) is 2. The van der Waals surface area contributed by atoms with Gasteiger partial charge in [-0.25, -0.2) is 9.97 Å². The third kappa shape index (κ3) is 6.33. The van der Waals surface area contributed by atoms with Crippen molar-refractivity contribution >= 4 is 17.7 Å². The van der Waals surface area contributed by atoms with Crippen LogP contribution in [0.5, 0.6) is 5.75 Å². The van der Waals surface area contributed by atoms with Gasteiger partial charge in [-0.3, -0.25) is 4.79 Å². The molecule has 1 atom stereocenters. The number of alkyl halides is 3. The van der Waals surface area contributed by atoms with Crippen LogP contribution in [0.3, 0.4) is 0 Å². The SMILES string of the molecule is COc1ccc(-c2cc(C(F)(F)F)nc(SCCC(=O)NC[C@@H]3CCCO3)n2)cc1. The number of methoxy groups -OCH3 is 1. The summed E-state index contributed by atoms with van der Waals surface area (Å²) in [7, 11) is 1.51. The van der Waals surface area contributed by atoms with Gasteiger partial charge in [0.2, 0.25) is 5.91 Å². The molecular formula is C20H22F3N3O3S. The molecule has 1 saturated heterocycles. The summed E-state index contributed by atoms with van der Waals surface area (Å²) in [5, 5.41) is 2.76. The molecule has 0 bridgehead atoms. The van der Waals surface area contributed by atoms with Gasteiger partial charge in [-0.1, -0.05) is 11.8 Å². The number of hydrogen-bond donors (Lipinski definition) is 1. The summed E-state index contributed by atoms with van der Waals surface area (Å²) in [4.78, 5) is 19.8. The second-order valence-electron chi connectivity index (χ2n) is 6.68. The van der Waals surface area contributed by atoms with Gasteiger partial charge in [-0.2, -0.15) is 13.2 Å². The third-order valence-electron chi connectivity index (χ3n) is 4.49. The van der Waals surface area contributed by atoms with E-state index >= 15 is 0 Å². The Morgan fingerprint density at radius 3 is 2.70 bits per heavy atom. The molecule has 0 saturated carbocycles. The number of carbonyl (C=O) groups excluding carboxylic acids is 1. The normalized spacial score (nSPS) is 16.5. The van der Waals surface area contributed by atoms with E-state index in [-0.39, 0.29) is 35.0 Å². The molecule has 3 rings (SSSR count). The van der Waals surface area contributed by atoms with E-state index in [9.17, 15) is 18.0 Å². The highest BCUT2D eigenvalue weighted by molar-refractivity contribution is 7.99. The quantitative estimate of drug-likeness (QED) is 0.494. The number of thioether (sulfide) groups is 1. The van der Waals surface area contributed by atoms with Crippen molar-refractivity contribution in [3.8, 4) is 17.0 Å². The zero-order valence-electron chi connectivity index (χ0n) is 16.4. The molecule has 1 aromatic heterocycles. The minimum Gasteiger partial charge on any atom is -0.497 e. The van der Waals surface area contributed by atoms with Gasteiger partial charge in [-0.15, -0.1) is 0 Å². The van der Waals surface area contributed by atoms with Crippen molar-refractivity contribution in [3.05, 3.63) is 36.0 Å². The first kappa shape index (κ1) is 22.4. The monoisotopic (exact) mass is 441 g/mol. The molecule has 10 heteroatoms. The third-order valence-corrected chi connectivity index (χ3v) is 5.34. The van der Waals surface area contributed by atoms with Gasteiger partial charge in [-0.05, 0) is 43.2 Å². The number of halogens is 3. The van der Waals surface area contributed by atoms with E-state index in [2.05, 4.69) is 15.3 Å². The fourth-order valence-corrected chi connectivity index (χ4v) is 3.70. The Kier molecular flexibility index (Phi) is 7.54. The van der Waals surface area contributed by atoms with Crippen molar-refractivity contribution in [2.75, 3.05) is 26.0 Å². The molecule has 2 heterocycles. The Morgan fingerprint density at radius 1 is 1.30 bits per heavy atom. The number of carbonyl (C=O) groups is 1. The van der Waals surface area contributed by atoms with Crippen LogP contribution in [0, 0.1) is 0 Å². The van der Waals surface area contributed by atoms with E-state index < -0.39 is 11.9 Å². The van der Waals surface area contributed by atoms with E-state index in [0.29, 0.717) is 24.5 Å². The molecule has 2 aromatic rings. The molecule has 1 N–H and O–H groups in total. The van der Waals surface area contributed by atoms with Crippen molar-refractivity contribution in [1.82, 2.24) is 15.3 Å². The molecule has 30 heavy (non-hydrogen) atoms. The van der Waals surface area contributed by atoms with Crippen molar-refractivity contribution in [3.63, 3.8) is 0 Å². The lowest BCUT2D eigenvalue weighted by molar-refractivity contribution is -0.141. The van der Waals surface area contributed by atoms with E-state index in [1.807, 2.05) is 0 Å². The van der Waals surface area contributed by atoms with Gasteiger partial charge in [0.25, 0.3) is 0 Å². The smallest absolute Gasteiger partial charge is 0.433 e. The standard InChI is InChI=1S/C20H22F3N3O3S/c1-28-14-6-4-13(5-7-14)16-11-17(20(21,22)23)26-19(25-16)30-10-8-18(27)24-12-15-3-2-9-29-15/h4-7,11,15H,2-3,8-10,12H2,1H3,(H,24,27)/t15-/m0/s1. The average molecular weight is 441 g/mol. The number of hydrogen-bond acceptors (Lipinski definition) is 6. The first-order chi connectivity index (χ1) is 14.3. The molecule has 0 unspecified atom stereocenters. The Morgan fingerprint density at radius 2 is 2.07 bits per heavy atom. The predicted octanol–water partition coefficient (Wildman–Crippen LogP) is 3.95. The second kappa shape index (κ2) is 10.1. The van der Waals surface area contributed by atoms with E-state index in [1.54, 1.807) is 24.3 Å². The molecule has 1 amide bonds. The first-order valence-corrected chi connectivity index (χ1v) is 10.5. The number of benzene rings is 1. The van der Waals surface area contributed by atoms with E-state index in [4.69, 9.17) is 9.47 Å². The highest BCUT2D eigenvalue weighted by Gasteiger charge is 2.34. The zero-order chi connectivity index (χ0) is 21.6. The van der Waals surface area contributed by atoms with Crippen LogP contribution < -0.4 is 10.1 Å². The van der Waals surface area contributed by atoms with Crippen LogP contribution in [0.25, 0.3) is 11.3 Å². The Hall–Kier alpha value is -2.33. The molecule has 1 aliphatic rings. The lowest BCUT2D eigenvalue weighted by Gasteiger charge is -2.12. The van der Waals surface area contributed by atoms with Crippen LogP contribution in [0.4, 0.5) is 13.2 Å². The molecule has 162 valence electrons. The number of ether oxygens (including phenoxy) is 2.